The molecule has 3 heteroatoms. The number of nitrogens with zero attached hydrogens (tertiary/aromatic N) is 1. The van der Waals surface area contributed by atoms with Gasteiger partial charge < -0.3 is 10.0 Å². The van der Waals surface area contributed by atoms with Crippen LogP contribution in [-0.4, -0.2) is 23.7 Å². The fourth-order valence-electron chi connectivity index (χ4n) is 2.90. The summed E-state index contributed by atoms with van der Waals surface area (Å²) in [6.45, 7) is 4.98. The van der Waals surface area contributed by atoms with Gasteiger partial charge in [0.1, 0.15) is 0 Å². The molecular weight excluding hydrogens is 226 g/mol. The van der Waals surface area contributed by atoms with Crippen LogP contribution in [0.1, 0.15) is 48.5 Å². The number of anilines is 1. The molecule has 98 valence electrons. The molecule has 0 aromatic heterocycles. The molecule has 0 spiro atoms. The highest BCUT2D eigenvalue weighted by Gasteiger charge is 2.24. The molecule has 0 unspecified atom stereocenters. The first kappa shape index (κ1) is 12.9. The van der Waals surface area contributed by atoms with Gasteiger partial charge in [-0.1, -0.05) is 18.9 Å². The van der Waals surface area contributed by atoms with E-state index in [4.69, 9.17) is 0 Å². The van der Waals surface area contributed by atoms with Crippen molar-refractivity contribution in [3.8, 4) is 0 Å². The van der Waals surface area contributed by atoms with Gasteiger partial charge in [0.05, 0.1) is 11.3 Å². The van der Waals surface area contributed by atoms with Crippen LogP contribution in [0.3, 0.4) is 0 Å². The Labute approximate surface area is 108 Å². The van der Waals surface area contributed by atoms with E-state index in [1.807, 2.05) is 19.1 Å². The van der Waals surface area contributed by atoms with Crippen LogP contribution in [0.2, 0.25) is 0 Å². The molecule has 0 amide bonds. The summed E-state index contributed by atoms with van der Waals surface area (Å²) in [7, 11) is 0. The number of carboxylic acid groups (broad SMARTS) is 1. The summed E-state index contributed by atoms with van der Waals surface area (Å²) in [5, 5.41) is 9.32. The van der Waals surface area contributed by atoms with Gasteiger partial charge in [-0.15, -0.1) is 0 Å². The van der Waals surface area contributed by atoms with Crippen LogP contribution < -0.4 is 4.90 Å². The van der Waals surface area contributed by atoms with E-state index in [1.165, 1.54) is 25.7 Å². The zero-order valence-corrected chi connectivity index (χ0v) is 11.1. The first-order valence-electron chi connectivity index (χ1n) is 6.74. The van der Waals surface area contributed by atoms with Crippen molar-refractivity contribution in [1.29, 1.82) is 0 Å². The lowest BCUT2D eigenvalue weighted by atomic mass is 10.1. The van der Waals surface area contributed by atoms with Crippen LogP contribution in [0.5, 0.6) is 0 Å². The van der Waals surface area contributed by atoms with Gasteiger partial charge >= 0.3 is 5.97 Å². The van der Waals surface area contributed by atoms with E-state index < -0.39 is 5.97 Å². The molecule has 2 rings (SSSR count). The summed E-state index contributed by atoms with van der Waals surface area (Å²) in [4.78, 5) is 13.6. The minimum absolute atomic E-state index is 0.425. The smallest absolute Gasteiger partial charge is 0.337 e. The minimum atomic E-state index is -0.832. The van der Waals surface area contributed by atoms with Crippen molar-refractivity contribution in [2.24, 2.45) is 0 Å². The lowest BCUT2D eigenvalue weighted by Crippen LogP contribution is -2.34. The zero-order valence-electron chi connectivity index (χ0n) is 11.1. The predicted molar refractivity (Wildman–Crippen MR) is 73.4 cm³/mol. The fraction of sp³-hybridized carbons (Fsp3) is 0.533. The second-order valence-electron chi connectivity index (χ2n) is 5.05. The molecule has 0 saturated heterocycles. The van der Waals surface area contributed by atoms with Crippen molar-refractivity contribution < 1.29 is 9.90 Å². The Balaban J connectivity index is 2.39. The molecule has 1 aliphatic rings. The van der Waals surface area contributed by atoms with E-state index in [9.17, 15) is 9.90 Å². The van der Waals surface area contributed by atoms with Crippen molar-refractivity contribution >= 4 is 11.7 Å². The standard InChI is InChI=1S/C15H21NO2/c1-3-16(12-6-4-5-7-12)14-10-11(2)8-9-13(14)15(17)18/h8-10,12H,3-7H2,1-2H3,(H,17,18). The van der Waals surface area contributed by atoms with E-state index in [-0.39, 0.29) is 0 Å². The number of rotatable bonds is 4. The van der Waals surface area contributed by atoms with E-state index in [0.29, 0.717) is 11.6 Å². The Hall–Kier alpha value is -1.51. The van der Waals surface area contributed by atoms with Gasteiger partial charge in [-0.3, -0.25) is 0 Å². The third-order valence-corrected chi connectivity index (χ3v) is 3.80. The molecule has 0 bridgehead atoms. The highest BCUT2D eigenvalue weighted by molar-refractivity contribution is 5.94. The largest absolute Gasteiger partial charge is 0.478 e. The zero-order chi connectivity index (χ0) is 13.1. The summed E-state index contributed by atoms with van der Waals surface area (Å²) < 4.78 is 0. The van der Waals surface area contributed by atoms with Crippen LogP contribution in [-0.2, 0) is 0 Å². The van der Waals surface area contributed by atoms with Crippen LogP contribution in [0.4, 0.5) is 5.69 Å². The molecule has 0 atom stereocenters. The fourth-order valence-corrected chi connectivity index (χ4v) is 2.90. The SMILES string of the molecule is CCN(c1cc(C)ccc1C(=O)O)C1CCCC1. The molecular formula is C15H21NO2. The highest BCUT2D eigenvalue weighted by Crippen LogP contribution is 2.31. The number of aromatic carboxylic acids is 1. The average Bonchev–Trinajstić information content (AvgIpc) is 2.83. The van der Waals surface area contributed by atoms with Crippen LogP contribution >= 0.6 is 0 Å². The summed E-state index contributed by atoms with van der Waals surface area (Å²) in [6.07, 6.45) is 4.88. The first-order valence-corrected chi connectivity index (χ1v) is 6.74. The number of hydrogen-bond donors (Lipinski definition) is 1. The number of carboxylic acids is 1. The summed E-state index contributed by atoms with van der Waals surface area (Å²) >= 11 is 0. The summed E-state index contributed by atoms with van der Waals surface area (Å²) in [6, 6.07) is 6.11. The molecule has 18 heavy (non-hydrogen) atoms. The van der Waals surface area contributed by atoms with Crippen molar-refractivity contribution in [2.75, 3.05) is 11.4 Å². The second-order valence-corrected chi connectivity index (χ2v) is 5.05. The highest BCUT2D eigenvalue weighted by atomic mass is 16.4. The van der Waals surface area contributed by atoms with Crippen molar-refractivity contribution in [1.82, 2.24) is 0 Å². The lowest BCUT2D eigenvalue weighted by Gasteiger charge is -2.31. The third kappa shape index (κ3) is 2.50. The molecule has 0 aliphatic heterocycles. The molecule has 0 radical (unpaired) electrons. The number of hydrogen-bond acceptors (Lipinski definition) is 2. The molecule has 1 aromatic rings. The van der Waals surface area contributed by atoms with E-state index in [2.05, 4.69) is 11.8 Å². The minimum Gasteiger partial charge on any atom is -0.478 e. The summed E-state index contributed by atoms with van der Waals surface area (Å²) in [5.74, 6) is -0.832. The maximum Gasteiger partial charge on any atom is 0.337 e. The predicted octanol–water partition coefficient (Wildman–Crippen LogP) is 3.46. The van der Waals surface area contributed by atoms with E-state index >= 15 is 0 Å². The average molecular weight is 247 g/mol. The maximum absolute atomic E-state index is 11.3. The molecule has 1 saturated carbocycles. The van der Waals surface area contributed by atoms with Gasteiger partial charge in [-0.05, 0) is 44.4 Å². The maximum atomic E-state index is 11.3. The number of carbonyl (C=O) groups is 1. The van der Waals surface area contributed by atoms with Crippen LogP contribution in [0, 0.1) is 6.92 Å². The monoisotopic (exact) mass is 247 g/mol. The van der Waals surface area contributed by atoms with Crippen molar-refractivity contribution in [3.63, 3.8) is 0 Å². The van der Waals surface area contributed by atoms with Gasteiger partial charge in [0, 0.05) is 12.6 Å². The Bertz CT molecular complexity index is 436. The summed E-state index contributed by atoms with van der Waals surface area (Å²) in [5.41, 5.74) is 2.43. The Kier molecular flexibility index (Phi) is 3.90. The van der Waals surface area contributed by atoms with E-state index in [1.54, 1.807) is 6.07 Å². The Morgan fingerprint density at radius 3 is 2.61 bits per heavy atom. The van der Waals surface area contributed by atoms with Crippen LogP contribution in [0.25, 0.3) is 0 Å². The molecule has 1 fully saturated rings. The van der Waals surface area contributed by atoms with Gasteiger partial charge in [0.15, 0.2) is 0 Å². The number of aryl methyl sites for hydroxylation is 1. The molecule has 1 aliphatic carbocycles. The first-order chi connectivity index (χ1) is 8.63. The topological polar surface area (TPSA) is 40.5 Å². The Morgan fingerprint density at radius 1 is 1.39 bits per heavy atom. The van der Waals surface area contributed by atoms with Gasteiger partial charge in [0.2, 0.25) is 0 Å². The quantitative estimate of drug-likeness (QED) is 0.885. The molecule has 3 nitrogen and oxygen atoms in total. The van der Waals surface area contributed by atoms with E-state index in [0.717, 1.165) is 17.8 Å². The second kappa shape index (κ2) is 5.42. The van der Waals surface area contributed by atoms with Gasteiger partial charge in [-0.2, -0.15) is 0 Å². The normalized spacial score (nSPS) is 15.9. The molecule has 1 N–H and O–H groups in total. The Morgan fingerprint density at radius 2 is 2.06 bits per heavy atom. The van der Waals surface area contributed by atoms with Gasteiger partial charge in [0.25, 0.3) is 0 Å². The lowest BCUT2D eigenvalue weighted by molar-refractivity contribution is 0.0697. The van der Waals surface area contributed by atoms with Crippen molar-refractivity contribution in [2.45, 2.75) is 45.6 Å². The van der Waals surface area contributed by atoms with Crippen molar-refractivity contribution in [3.05, 3.63) is 29.3 Å². The van der Waals surface area contributed by atoms with Crippen LogP contribution in [0.15, 0.2) is 18.2 Å². The number of benzene rings is 1. The van der Waals surface area contributed by atoms with Gasteiger partial charge in [-0.25, -0.2) is 4.79 Å². The molecule has 0 heterocycles. The molecule has 1 aromatic carbocycles. The third-order valence-electron chi connectivity index (χ3n) is 3.80.